The normalized spacial score (nSPS) is 16.5. The highest BCUT2D eigenvalue weighted by molar-refractivity contribution is 6.05. The van der Waals surface area contributed by atoms with E-state index in [9.17, 15) is 9.59 Å². The van der Waals surface area contributed by atoms with Crippen LogP contribution in [0.4, 0.5) is 11.5 Å². The van der Waals surface area contributed by atoms with E-state index in [1.165, 1.54) is 6.33 Å². The van der Waals surface area contributed by atoms with Crippen LogP contribution in [0.25, 0.3) is 22.3 Å². The highest BCUT2D eigenvalue weighted by Gasteiger charge is 2.37. The molecule has 9 nitrogen and oxygen atoms in total. The fraction of sp³-hybridized carbons (Fsp3) is 0.222. The zero-order valence-electron chi connectivity index (χ0n) is 20.0. The lowest BCUT2D eigenvalue weighted by molar-refractivity contribution is -0.128. The Morgan fingerprint density at radius 3 is 2.50 bits per heavy atom. The van der Waals surface area contributed by atoms with Crippen LogP contribution in [0.2, 0.25) is 0 Å². The van der Waals surface area contributed by atoms with Crippen LogP contribution in [0.5, 0.6) is 0 Å². The number of nitrogens with one attached hydrogen (secondary N) is 1. The number of aromatic nitrogens is 4. The summed E-state index contributed by atoms with van der Waals surface area (Å²) in [7, 11) is 1.77. The first-order valence-electron chi connectivity index (χ1n) is 11.6. The number of fused-ring (bicyclic) bond motifs is 1. The third-order valence-corrected chi connectivity index (χ3v) is 6.50. The van der Waals surface area contributed by atoms with Gasteiger partial charge in [-0.3, -0.25) is 9.59 Å². The second-order valence-corrected chi connectivity index (χ2v) is 8.72. The molecule has 0 radical (unpaired) electrons. The van der Waals surface area contributed by atoms with Crippen molar-refractivity contribution in [3.05, 3.63) is 66.5 Å². The molecule has 5 rings (SSSR count). The summed E-state index contributed by atoms with van der Waals surface area (Å²) in [6.45, 7) is 1.65. The van der Waals surface area contributed by atoms with Crippen LogP contribution >= 0.6 is 0 Å². The van der Waals surface area contributed by atoms with E-state index >= 15 is 0 Å². The van der Waals surface area contributed by atoms with Crippen LogP contribution in [0.3, 0.4) is 0 Å². The lowest BCUT2D eigenvalue weighted by Gasteiger charge is -2.40. The number of carbonyl (C=O) groups excluding carboxylic acids is 2. The molecular formula is C27H25N7O2. The number of benzene rings is 2. The van der Waals surface area contributed by atoms with Gasteiger partial charge in [-0.25, -0.2) is 14.6 Å². The first-order chi connectivity index (χ1) is 17.5. The van der Waals surface area contributed by atoms with Gasteiger partial charge in [-0.2, -0.15) is 5.10 Å². The average Bonchev–Trinajstić information content (AvgIpc) is 3.24. The molecule has 0 spiro atoms. The van der Waals surface area contributed by atoms with Gasteiger partial charge in [-0.1, -0.05) is 36.3 Å². The molecule has 4 aromatic rings. The van der Waals surface area contributed by atoms with E-state index in [-0.39, 0.29) is 23.9 Å². The molecule has 0 bridgehead atoms. The standard InChI is InChI=1S/C27H25N7O2/c1-3-7-22(35)33(2)20-14-21(15-20)34-26-23(25(28)29-16-30-26)24(32-34)17-10-12-18(13-11-17)27(36)31-19-8-5-4-6-9-19/h4-6,8-13,16,20-21H,14-15H2,1-2H3,(H,31,36)(H2,28,29,30). The molecule has 0 saturated heterocycles. The van der Waals surface area contributed by atoms with Crippen LogP contribution in [-0.4, -0.2) is 49.6 Å². The summed E-state index contributed by atoms with van der Waals surface area (Å²) in [5.74, 6) is 5.20. The molecule has 1 saturated carbocycles. The summed E-state index contributed by atoms with van der Waals surface area (Å²) in [5, 5.41) is 8.42. The number of nitrogens with zero attached hydrogens (tertiary/aromatic N) is 5. The number of hydrogen-bond acceptors (Lipinski definition) is 6. The van der Waals surface area contributed by atoms with E-state index in [4.69, 9.17) is 10.8 Å². The number of hydrogen-bond donors (Lipinski definition) is 2. The number of nitrogens with two attached hydrogens (primary N) is 1. The second kappa shape index (κ2) is 9.50. The third-order valence-electron chi connectivity index (χ3n) is 6.50. The van der Waals surface area contributed by atoms with Gasteiger partial charge in [0.25, 0.3) is 11.8 Å². The van der Waals surface area contributed by atoms with E-state index in [1.54, 1.807) is 31.0 Å². The van der Waals surface area contributed by atoms with Crippen LogP contribution in [0.15, 0.2) is 60.9 Å². The number of amides is 2. The molecule has 3 N–H and O–H groups in total. The maximum atomic E-state index is 12.6. The molecule has 36 heavy (non-hydrogen) atoms. The molecule has 9 heteroatoms. The SMILES string of the molecule is CC#CC(=O)N(C)C1CC(n2nc(-c3ccc(C(=O)Nc4ccccc4)cc3)c3c(N)ncnc32)C1. The Morgan fingerprint density at radius 1 is 1.08 bits per heavy atom. The molecule has 1 aliphatic rings. The Morgan fingerprint density at radius 2 is 1.81 bits per heavy atom. The Labute approximate surface area is 208 Å². The number of nitrogen functional groups attached to an aromatic ring is 1. The van der Waals surface area contributed by atoms with Gasteiger partial charge in [0.15, 0.2) is 5.65 Å². The van der Waals surface area contributed by atoms with E-state index in [1.807, 2.05) is 47.1 Å². The zero-order chi connectivity index (χ0) is 25.2. The monoisotopic (exact) mass is 479 g/mol. The topological polar surface area (TPSA) is 119 Å². The molecule has 2 amide bonds. The Balaban J connectivity index is 1.40. The highest BCUT2D eigenvalue weighted by Crippen LogP contribution is 2.39. The third kappa shape index (κ3) is 4.25. The molecular weight excluding hydrogens is 454 g/mol. The van der Waals surface area contributed by atoms with Gasteiger partial charge in [0.05, 0.1) is 11.4 Å². The predicted molar refractivity (Wildman–Crippen MR) is 138 cm³/mol. The van der Waals surface area contributed by atoms with Gasteiger partial charge >= 0.3 is 0 Å². The largest absolute Gasteiger partial charge is 0.383 e. The van der Waals surface area contributed by atoms with Crippen molar-refractivity contribution in [3.63, 3.8) is 0 Å². The smallest absolute Gasteiger partial charge is 0.298 e. The number of anilines is 2. The van der Waals surface area contributed by atoms with E-state index < -0.39 is 0 Å². The van der Waals surface area contributed by atoms with Gasteiger partial charge in [-0.05, 0) is 50.0 Å². The molecule has 2 aromatic carbocycles. The van der Waals surface area contributed by atoms with Gasteiger partial charge in [0, 0.05) is 29.9 Å². The Bertz CT molecular complexity index is 1490. The van der Waals surface area contributed by atoms with Crippen molar-refractivity contribution in [2.24, 2.45) is 0 Å². The number of para-hydroxylation sites is 1. The first-order valence-corrected chi connectivity index (χ1v) is 11.6. The minimum atomic E-state index is -0.196. The zero-order valence-corrected chi connectivity index (χ0v) is 20.0. The fourth-order valence-electron chi connectivity index (χ4n) is 4.39. The number of rotatable bonds is 5. The lowest BCUT2D eigenvalue weighted by atomic mass is 9.85. The Hall–Kier alpha value is -4.71. The molecule has 0 unspecified atom stereocenters. The average molecular weight is 480 g/mol. The summed E-state index contributed by atoms with van der Waals surface area (Å²) < 4.78 is 1.87. The van der Waals surface area contributed by atoms with E-state index in [2.05, 4.69) is 27.1 Å². The maximum Gasteiger partial charge on any atom is 0.298 e. The molecule has 0 atom stereocenters. The molecule has 0 aliphatic heterocycles. The molecule has 1 fully saturated rings. The van der Waals surface area contributed by atoms with Crippen molar-refractivity contribution in [2.75, 3.05) is 18.1 Å². The van der Waals surface area contributed by atoms with Crippen molar-refractivity contribution in [1.82, 2.24) is 24.6 Å². The van der Waals surface area contributed by atoms with Crippen molar-refractivity contribution in [3.8, 4) is 23.1 Å². The minimum Gasteiger partial charge on any atom is -0.383 e. The van der Waals surface area contributed by atoms with Crippen molar-refractivity contribution >= 4 is 34.4 Å². The van der Waals surface area contributed by atoms with Crippen LogP contribution in [-0.2, 0) is 4.79 Å². The van der Waals surface area contributed by atoms with Gasteiger partial charge in [0.1, 0.15) is 17.8 Å². The summed E-state index contributed by atoms with van der Waals surface area (Å²) in [5.41, 5.74) is 9.61. The lowest BCUT2D eigenvalue weighted by Crippen LogP contribution is -2.46. The fourth-order valence-corrected chi connectivity index (χ4v) is 4.39. The van der Waals surface area contributed by atoms with Crippen molar-refractivity contribution in [2.45, 2.75) is 31.8 Å². The van der Waals surface area contributed by atoms with E-state index in [0.717, 1.165) is 24.1 Å². The van der Waals surface area contributed by atoms with E-state index in [0.29, 0.717) is 28.1 Å². The van der Waals surface area contributed by atoms with Crippen molar-refractivity contribution < 1.29 is 9.59 Å². The Kier molecular flexibility index (Phi) is 6.09. The maximum absolute atomic E-state index is 12.6. The van der Waals surface area contributed by atoms with Crippen molar-refractivity contribution in [1.29, 1.82) is 0 Å². The molecule has 2 heterocycles. The summed E-state index contributed by atoms with van der Waals surface area (Å²) in [6.07, 6.45) is 2.91. The van der Waals surface area contributed by atoms with Gasteiger partial charge in [-0.15, -0.1) is 0 Å². The summed E-state index contributed by atoms with van der Waals surface area (Å²) >= 11 is 0. The number of carbonyl (C=O) groups is 2. The minimum absolute atomic E-state index is 0.0707. The van der Waals surface area contributed by atoms with Gasteiger partial charge in [0.2, 0.25) is 0 Å². The summed E-state index contributed by atoms with van der Waals surface area (Å²) in [6, 6.07) is 16.7. The van der Waals surface area contributed by atoms with Gasteiger partial charge < -0.3 is 16.0 Å². The predicted octanol–water partition coefficient (Wildman–Crippen LogP) is 3.51. The quantitative estimate of drug-likeness (QED) is 0.423. The molecule has 1 aliphatic carbocycles. The molecule has 180 valence electrons. The summed E-state index contributed by atoms with van der Waals surface area (Å²) in [4.78, 5) is 35.1. The van der Waals surface area contributed by atoms with Crippen LogP contribution in [0, 0.1) is 11.8 Å². The molecule has 2 aromatic heterocycles. The first kappa shape index (κ1) is 23.1. The second-order valence-electron chi connectivity index (χ2n) is 8.72. The highest BCUT2D eigenvalue weighted by atomic mass is 16.2. The van der Waals surface area contributed by atoms with Crippen LogP contribution in [0.1, 0.15) is 36.2 Å². The van der Waals surface area contributed by atoms with Crippen LogP contribution < -0.4 is 11.1 Å².